The number of hydrogen-bond acceptors (Lipinski definition) is 2. The number of hydrogen-bond donors (Lipinski definition) is 1. The molecule has 0 rings (SSSR count). The molecule has 2 heteroatoms. The lowest BCUT2D eigenvalue weighted by molar-refractivity contribution is -0.107. The van der Waals surface area contributed by atoms with Gasteiger partial charge >= 0.3 is 0 Å². The molecule has 0 aliphatic rings. The molecule has 0 aromatic heterocycles. The van der Waals surface area contributed by atoms with Crippen LogP contribution in [0, 0.1) is 5.92 Å². The Balaban J connectivity index is 2.82. The number of rotatable bonds is 5. The highest BCUT2D eigenvalue weighted by Crippen LogP contribution is 1.85. The zero-order valence-corrected chi connectivity index (χ0v) is 6.18. The molecule has 0 bridgehead atoms. The summed E-state index contributed by atoms with van der Waals surface area (Å²) in [6.45, 7) is 6.12. The second-order valence-corrected chi connectivity index (χ2v) is 2.55. The molecule has 0 aromatic rings. The quantitative estimate of drug-likeness (QED) is 0.440. The van der Waals surface area contributed by atoms with Crippen LogP contribution in [0.1, 0.15) is 20.3 Å². The fourth-order valence-electron chi connectivity index (χ4n) is 0.552. The van der Waals surface area contributed by atoms with Gasteiger partial charge < -0.3 is 10.1 Å². The minimum absolute atomic E-state index is 0.632. The van der Waals surface area contributed by atoms with E-state index in [0.29, 0.717) is 12.3 Å². The number of carbonyl (C=O) groups is 1. The van der Waals surface area contributed by atoms with Crippen molar-refractivity contribution in [1.29, 1.82) is 0 Å². The summed E-state index contributed by atoms with van der Waals surface area (Å²) in [7, 11) is 0. The normalized spacial score (nSPS) is 10.1. The summed E-state index contributed by atoms with van der Waals surface area (Å²) in [6, 6.07) is 0. The smallest absolute Gasteiger partial charge is 0.121 e. The minimum atomic E-state index is 0.632. The highest BCUT2D eigenvalue weighted by atomic mass is 16.1. The molecule has 2 nitrogen and oxygen atoms in total. The molecule has 0 unspecified atom stereocenters. The van der Waals surface area contributed by atoms with Crippen LogP contribution in [-0.4, -0.2) is 19.4 Å². The first kappa shape index (κ1) is 8.63. The van der Waals surface area contributed by atoms with E-state index in [1.165, 1.54) is 0 Å². The Kier molecular flexibility index (Phi) is 5.52. The molecular weight excluding hydrogens is 114 g/mol. The summed E-state index contributed by atoms with van der Waals surface area (Å²) in [6.07, 6.45) is 1.57. The van der Waals surface area contributed by atoms with Crippen molar-refractivity contribution in [3.8, 4) is 0 Å². The van der Waals surface area contributed by atoms with Crippen LogP contribution in [0.25, 0.3) is 0 Å². The number of nitrogens with one attached hydrogen (secondary N) is 1. The van der Waals surface area contributed by atoms with E-state index in [1.54, 1.807) is 0 Å². The number of carbonyl (C=O) groups excluding carboxylic acids is 1. The molecule has 0 aliphatic heterocycles. The summed E-state index contributed by atoms with van der Waals surface area (Å²) in [4.78, 5) is 9.81. The molecule has 1 N–H and O–H groups in total. The molecule has 0 saturated carbocycles. The van der Waals surface area contributed by atoms with Gasteiger partial charge in [0.05, 0.1) is 0 Å². The van der Waals surface area contributed by atoms with E-state index in [-0.39, 0.29) is 0 Å². The summed E-state index contributed by atoms with van der Waals surface area (Å²) in [5.74, 6) is 0.677. The Morgan fingerprint density at radius 3 is 2.67 bits per heavy atom. The highest BCUT2D eigenvalue weighted by Gasteiger charge is 1.90. The maximum absolute atomic E-state index is 9.81. The van der Waals surface area contributed by atoms with Gasteiger partial charge in [-0.05, 0) is 12.5 Å². The van der Waals surface area contributed by atoms with Gasteiger partial charge in [0.25, 0.3) is 0 Å². The Labute approximate surface area is 56.6 Å². The van der Waals surface area contributed by atoms with Crippen LogP contribution in [-0.2, 0) is 4.79 Å². The molecule has 0 heterocycles. The van der Waals surface area contributed by atoms with Gasteiger partial charge in [0.1, 0.15) is 6.29 Å². The lowest BCUT2D eigenvalue weighted by Gasteiger charge is -2.03. The molecule has 0 atom stereocenters. The molecular formula is C7H15NO. The maximum Gasteiger partial charge on any atom is 0.121 e. The van der Waals surface area contributed by atoms with Gasteiger partial charge in [0.2, 0.25) is 0 Å². The van der Waals surface area contributed by atoms with Gasteiger partial charge in [-0.3, -0.25) is 0 Å². The lowest BCUT2D eigenvalue weighted by atomic mass is 10.2. The van der Waals surface area contributed by atoms with Crippen LogP contribution in [0.15, 0.2) is 0 Å². The van der Waals surface area contributed by atoms with Gasteiger partial charge in [0, 0.05) is 13.0 Å². The van der Waals surface area contributed by atoms with Crippen LogP contribution in [0.5, 0.6) is 0 Å². The van der Waals surface area contributed by atoms with Gasteiger partial charge in [-0.1, -0.05) is 13.8 Å². The summed E-state index contributed by atoms with van der Waals surface area (Å²) < 4.78 is 0. The molecule has 54 valence electrons. The second kappa shape index (κ2) is 5.76. The lowest BCUT2D eigenvalue weighted by Crippen LogP contribution is -2.20. The van der Waals surface area contributed by atoms with Gasteiger partial charge in [-0.2, -0.15) is 0 Å². The predicted molar refractivity (Wildman–Crippen MR) is 38.4 cm³/mol. The Hall–Kier alpha value is -0.370. The highest BCUT2D eigenvalue weighted by molar-refractivity contribution is 5.49. The molecule has 0 aliphatic carbocycles. The molecule has 9 heavy (non-hydrogen) atoms. The third kappa shape index (κ3) is 7.63. The van der Waals surface area contributed by atoms with Crippen molar-refractivity contribution in [2.24, 2.45) is 5.92 Å². The van der Waals surface area contributed by atoms with Crippen LogP contribution in [0.2, 0.25) is 0 Å². The van der Waals surface area contributed by atoms with E-state index in [9.17, 15) is 4.79 Å². The fourth-order valence-corrected chi connectivity index (χ4v) is 0.552. The first-order chi connectivity index (χ1) is 4.27. The summed E-state index contributed by atoms with van der Waals surface area (Å²) >= 11 is 0. The molecule has 0 fully saturated rings. The largest absolute Gasteiger partial charge is 0.316 e. The summed E-state index contributed by atoms with van der Waals surface area (Å²) in [5.41, 5.74) is 0. The van der Waals surface area contributed by atoms with E-state index in [4.69, 9.17) is 0 Å². The standard InChI is InChI=1S/C7H15NO/c1-7(2)6-8-4-3-5-9/h5,7-8H,3-4,6H2,1-2H3. The topological polar surface area (TPSA) is 29.1 Å². The van der Waals surface area contributed by atoms with Gasteiger partial charge in [-0.15, -0.1) is 0 Å². The van der Waals surface area contributed by atoms with E-state index < -0.39 is 0 Å². The van der Waals surface area contributed by atoms with E-state index >= 15 is 0 Å². The molecule has 0 aromatic carbocycles. The van der Waals surface area contributed by atoms with E-state index in [1.807, 2.05) is 0 Å². The minimum Gasteiger partial charge on any atom is -0.316 e. The van der Waals surface area contributed by atoms with Crippen molar-refractivity contribution < 1.29 is 4.79 Å². The van der Waals surface area contributed by atoms with E-state index in [2.05, 4.69) is 19.2 Å². The van der Waals surface area contributed by atoms with Crippen molar-refractivity contribution in [1.82, 2.24) is 5.32 Å². The van der Waals surface area contributed by atoms with Crippen molar-refractivity contribution in [3.05, 3.63) is 0 Å². The summed E-state index contributed by atoms with van der Waals surface area (Å²) in [5, 5.41) is 3.15. The van der Waals surface area contributed by atoms with Crippen molar-refractivity contribution >= 4 is 6.29 Å². The number of aldehydes is 1. The van der Waals surface area contributed by atoms with Crippen molar-refractivity contribution in [2.45, 2.75) is 20.3 Å². The zero-order valence-electron chi connectivity index (χ0n) is 6.18. The molecule has 0 amide bonds. The molecule has 0 saturated heterocycles. The third-order valence-electron chi connectivity index (χ3n) is 0.992. The van der Waals surface area contributed by atoms with Crippen LogP contribution >= 0.6 is 0 Å². The van der Waals surface area contributed by atoms with Gasteiger partial charge in [-0.25, -0.2) is 0 Å². The molecule has 0 spiro atoms. The zero-order chi connectivity index (χ0) is 7.11. The Morgan fingerprint density at radius 2 is 2.22 bits per heavy atom. The van der Waals surface area contributed by atoms with Crippen LogP contribution in [0.4, 0.5) is 0 Å². The third-order valence-corrected chi connectivity index (χ3v) is 0.992. The van der Waals surface area contributed by atoms with Crippen LogP contribution in [0.3, 0.4) is 0 Å². The average Bonchev–Trinajstić information content (AvgIpc) is 1.80. The average molecular weight is 129 g/mol. The molecule has 0 radical (unpaired) electrons. The van der Waals surface area contributed by atoms with Crippen molar-refractivity contribution in [3.63, 3.8) is 0 Å². The van der Waals surface area contributed by atoms with Crippen LogP contribution < -0.4 is 5.32 Å². The second-order valence-electron chi connectivity index (χ2n) is 2.55. The van der Waals surface area contributed by atoms with Gasteiger partial charge in [0.15, 0.2) is 0 Å². The first-order valence-electron chi connectivity index (χ1n) is 3.41. The first-order valence-corrected chi connectivity index (χ1v) is 3.41. The predicted octanol–water partition coefficient (Wildman–Crippen LogP) is 0.821. The van der Waals surface area contributed by atoms with Crippen molar-refractivity contribution in [2.75, 3.05) is 13.1 Å². The monoisotopic (exact) mass is 129 g/mol. The Morgan fingerprint density at radius 1 is 1.56 bits per heavy atom. The fraction of sp³-hybridized carbons (Fsp3) is 0.857. The SMILES string of the molecule is CC(C)CNCCC=O. The van der Waals surface area contributed by atoms with E-state index in [0.717, 1.165) is 19.4 Å². The Bertz CT molecular complexity index is 71.3. The maximum atomic E-state index is 9.81.